The van der Waals surface area contributed by atoms with Crippen molar-refractivity contribution in [1.82, 2.24) is 0 Å². The van der Waals surface area contributed by atoms with Gasteiger partial charge in [-0.3, -0.25) is 10.1 Å². The second-order valence-electron chi connectivity index (χ2n) is 5.98. The molecule has 3 rings (SSSR count). The molecule has 0 saturated carbocycles. The number of nitro groups is 1. The molecule has 27 heavy (non-hydrogen) atoms. The smallest absolute Gasteiger partial charge is 0.287 e. The highest BCUT2D eigenvalue weighted by molar-refractivity contribution is 5.91. The molecule has 4 N–H and O–H groups in total. The van der Waals surface area contributed by atoms with E-state index in [9.17, 15) is 10.1 Å². The Morgan fingerprint density at radius 2 is 1.11 bits per heavy atom. The summed E-state index contributed by atoms with van der Waals surface area (Å²) < 4.78 is 0. The molecule has 0 bridgehead atoms. The van der Waals surface area contributed by atoms with Crippen LogP contribution < -0.4 is 11.5 Å². The Balaban J connectivity index is 2.09. The van der Waals surface area contributed by atoms with Crippen molar-refractivity contribution in [3.63, 3.8) is 0 Å². The summed E-state index contributed by atoms with van der Waals surface area (Å²) >= 11 is 0. The molecule has 5 nitrogen and oxygen atoms in total. The molecule has 0 unspecified atom stereocenters. The molecular formula is C22H19N3O2. The fourth-order valence-corrected chi connectivity index (χ4v) is 2.78. The number of nitro benzene ring substituents is 1. The van der Waals surface area contributed by atoms with Crippen molar-refractivity contribution in [2.75, 3.05) is 11.5 Å². The monoisotopic (exact) mass is 357 g/mol. The van der Waals surface area contributed by atoms with E-state index in [-0.39, 0.29) is 17.1 Å². The predicted molar refractivity (Wildman–Crippen MR) is 113 cm³/mol. The fraction of sp³-hybridized carbons (Fsp3) is 0. The van der Waals surface area contributed by atoms with Crippen LogP contribution in [0, 0.1) is 10.1 Å². The van der Waals surface area contributed by atoms with E-state index < -0.39 is 4.92 Å². The van der Waals surface area contributed by atoms with Crippen LogP contribution in [0.15, 0.2) is 66.7 Å². The minimum absolute atomic E-state index is 0.105. The zero-order valence-electron chi connectivity index (χ0n) is 14.6. The molecule has 0 aromatic heterocycles. The van der Waals surface area contributed by atoms with Crippen LogP contribution in [0.4, 0.5) is 17.1 Å². The van der Waals surface area contributed by atoms with Crippen molar-refractivity contribution < 1.29 is 4.92 Å². The third-order valence-corrected chi connectivity index (χ3v) is 4.11. The van der Waals surface area contributed by atoms with Crippen LogP contribution >= 0.6 is 0 Å². The number of hydrogen-bond donors (Lipinski definition) is 2. The summed E-state index contributed by atoms with van der Waals surface area (Å²) in [7, 11) is 0. The van der Waals surface area contributed by atoms with Crippen LogP contribution in [0.5, 0.6) is 0 Å². The van der Waals surface area contributed by atoms with E-state index in [1.807, 2.05) is 60.7 Å². The summed E-state index contributed by atoms with van der Waals surface area (Å²) in [6.07, 6.45) is 6.89. The van der Waals surface area contributed by atoms with Gasteiger partial charge >= 0.3 is 0 Å². The molecule has 3 aromatic carbocycles. The average molecular weight is 357 g/mol. The maximum Gasteiger partial charge on any atom is 0.287 e. The zero-order chi connectivity index (χ0) is 19.2. The normalized spacial score (nSPS) is 11.3. The van der Waals surface area contributed by atoms with Crippen LogP contribution in [0.1, 0.15) is 22.3 Å². The lowest BCUT2D eigenvalue weighted by Gasteiger charge is -2.09. The Hall–Kier alpha value is -3.86. The second kappa shape index (κ2) is 8.01. The van der Waals surface area contributed by atoms with E-state index in [4.69, 9.17) is 11.5 Å². The molecule has 3 aromatic rings. The summed E-state index contributed by atoms with van der Waals surface area (Å²) in [6, 6.07) is 20.6. The summed E-state index contributed by atoms with van der Waals surface area (Å²) in [4.78, 5) is 11.4. The largest absolute Gasteiger partial charge is 0.398 e. The first-order chi connectivity index (χ1) is 13.1. The standard InChI is InChI=1S/C22H19N3O2/c23-20-15-21(24)19(14-12-17-9-5-2-6-10-17)22(25(26)27)18(20)13-11-16-7-3-1-4-8-16/h1-15H,23-24H2/b13-11+,14-12?. The van der Waals surface area contributed by atoms with Crippen LogP contribution in [0.25, 0.3) is 24.3 Å². The number of nitrogens with two attached hydrogens (primary N) is 2. The van der Waals surface area contributed by atoms with Gasteiger partial charge in [0.2, 0.25) is 0 Å². The number of rotatable bonds is 5. The number of hydrogen-bond acceptors (Lipinski definition) is 4. The first kappa shape index (κ1) is 17.9. The lowest BCUT2D eigenvalue weighted by Crippen LogP contribution is -2.03. The molecule has 0 aliphatic carbocycles. The molecular weight excluding hydrogens is 338 g/mol. The Morgan fingerprint density at radius 3 is 1.48 bits per heavy atom. The Kier molecular flexibility index (Phi) is 5.33. The van der Waals surface area contributed by atoms with E-state index in [2.05, 4.69) is 0 Å². The molecule has 0 aliphatic rings. The zero-order valence-corrected chi connectivity index (χ0v) is 14.6. The van der Waals surface area contributed by atoms with E-state index in [1.54, 1.807) is 30.4 Å². The van der Waals surface area contributed by atoms with Crippen molar-refractivity contribution in [2.45, 2.75) is 0 Å². The molecule has 0 radical (unpaired) electrons. The van der Waals surface area contributed by atoms with Crippen molar-refractivity contribution in [3.8, 4) is 0 Å². The van der Waals surface area contributed by atoms with E-state index in [0.29, 0.717) is 11.1 Å². The van der Waals surface area contributed by atoms with Crippen molar-refractivity contribution >= 4 is 41.4 Å². The van der Waals surface area contributed by atoms with Gasteiger partial charge in [-0.2, -0.15) is 0 Å². The second-order valence-corrected chi connectivity index (χ2v) is 5.98. The lowest BCUT2D eigenvalue weighted by molar-refractivity contribution is -0.385. The van der Waals surface area contributed by atoms with Crippen molar-refractivity contribution in [1.29, 1.82) is 0 Å². The Labute approximate surface area is 157 Å². The van der Waals surface area contributed by atoms with Gasteiger partial charge in [0.15, 0.2) is 0 Å². The van der Waals surface area contributed by atoms with Gasteiger partial charge in [0.1, 0.15) is 0 Å². The third-order valence-electron chi connectivity index (χ3n) is 4.11. The minimum Gasteiger partial charge on any atom is -0.398 e. The Morgan fingerprint density at radius 1 is 0.704 bits per heavy atom. The maximum atomic E-state index is 11.8. The van der Waals surface area contributed by atoms with Gasteiger partial charge < -0.3 is 11.5 Å². The molecule has 0 aliphatic heterocycles. The van der Waals surface area contributed by atoms with E-state index in [0.717, 1.165) is 11.1 Å². The maximum absolute atomic E-state index is 11.8. The molecule has 134 valence electrons. The van der Waals surface area contributed by atoms with Gasteiger partial charge in [0.25, 0.3) is 5.69 Å². The minimum atomic E-state index is -0.442. The molecule has 0 amide bonds. The molecule has 0 saturated heterocycles. The summed E-state index contributed by atoms with van der Waals surface area (Å²) in [6.45, 7) is 0. The average Bonchev–Trinajstić information content (AvgIpc) is 2.67. The Bertz CT molecular complexity index is 937. The first-order valence-corrected chi connectivity index (χ1v) is 8.39. The van der Waals surface area contributed by atoms with E-state index >= 15 is 0 Å². The van der Waals surface area contributed by atoms with Crippen molar-refractivity contribution in [3.05, 3.63) is 99.1 Å². The van der Waals surface area contributed by atoms with E-state index in [1.165, 1.54) is 0 Å². The van der Waals surface area contributed by atoms with Gasteiger partial charge in [0.05, 0.1) is 16.1 Å². The molecule has 5 heteroatoms. The summed E-state index contributed by atoms with van der Waals surface area (Å²) in [5.41, 5.74) is 15.0. The number of anilines is 2. The van der Waals surface area contributed by atoms with Gasteiger partial charge in [-0.15, -0.1) is 0 Å². The van der Waals surface area contributed by atoms with Crippen LogP contribution in [-0.2, 0) is 0 Å². The summed E-state index contributed by atoms with van der Waals surface area (Å²) in [5, 5.41) is 11.8. The molecule has 0 heterocycles. The van der Waals surface area contributed by atoms with Crippen molar-refractivity contribution in [2.24, 2.45) is 0 Å². The van der Waals surface area contributed by atoms with Gasteiger partial charge in [-0.1, -0.05) is 72.8 Å². The predicted octanol–water partition coefficient (Wildman–Crippen LogP) is 5.10. The molecule has 0 fully saturated rings. The summed E-state index contributed by atoms with van der Waals surface area (Å²) in [5.74, 6) is 0. The number of benzene rings is 3. The quantitative estimate of drug-likeness (QED) is 0.287. The number of nitrogen functional groups attached to an aromatic ring is 2. The highest BCUT2D eigenvalue weighted by Gasteiger charge is 2.22. The number of nitrogens with zero attached hydrogens (tertiary/aromatic N) is 1. The SMILES string of the molecule is Nc1cc(N)c(/C=C/c2ccccc2)c([N+](=O)[O-])c1C=Cc1ccccc1. The lowest BCUT2D eigenvalue weighted by atomic mass is 10.0. The third kappa shape index (κ3) is 4.22. The highest BCUT2D eigenvalue weighted by Crippen LogP contribution is 2.36. The van der Waals surface area contributed by atoms with Gasteiger partial charge in [0, 0.05) is 11.4 Å². The van der Waals surface area contributed by atoms with Crippen LogP contribution in [0.3, 0.4) is 0 Å². The highest BCUT2D eigenvalue weighted by atomic mass is 16.6. The molecule has 0 spiro atoms. The molecule has 0 atom stereocenters. The van der Waals surface area contributed by atoms with Gasteiger partial charge in [-0.05, 0) is 29.3 Å². The van der Waals surface area contributed by atoms with Gasteiger partial charge in [-0.25, -0.2) is 0 Å². The van der Waals surface area contributed by atoms with Crippen LogP contribution in [0.2, 0.25) is 0 Å². The first-order valence-electron chi connectivity index (χ1n) is 8.39. The topological polar surface area (TPSA) is 95.2 Å². The fourth-order valence-electron chi connectivity index (χ4n) is 2.78. The van der Waals surface area contributed by atoms with Crippen LogP contribution in [-0.4, -0.2) is 4.92 Å².